The zero-order valence-corrected chi connectivity index (χ0v) is 28.5. The van der Waals surface area contributed by atoms with E-state index in [1.54, 1.807) is 36.4 Å². The molecule has 5 aliphatic rings. The number of nitrogens with zero attached hydrogens (tertiary/aromatic N) is 3. The number of hydrogen-bond donors (Lipinski definition) is 6. The summed E-state index contributed by atoms with van der Waals surface area (Å²) in [5, 5.41) is 26.1. The molecule has 0 aromatic heterocycles. The highest BCUT2D eigenvalue weighted by molar-refractivity contribution is 8.76. The predicted octanol–water partition coefficient (Wildman–Crippen LogP) is 0.599. The van der Waals surface area contributed by atoms with Gasteiger partial charge in [-0.2, -0.15) is 0 Å². The lowest BCUT2D eigenvalue weighted by Crippen LogP contribution is -2.72. The third kappa shape index (κ3) is 8.49. The number of benzene rings is 2. The van der Waals surface area contributed by atoms with Crippen LogP contribution in [0.15, 0.2) is 54.7 Å². The van der Waals surface area contributed by atoms with Crippen molar-refractivity contribution >= 4 is 62.5 Å². The number of aliphatic hydroxyl groups excluding tert-OH is 1. The molecule has 2 fully saturated rings. The van der Waals surface area contributed by atoms with E-state index in [2.05, 4.69) is 10.6 Å². The number of unbranched alkanes of at least 4 members (excludes halogenated alkanes) is 1. The number of amides is 5. The Morgan fingerprint density at radius 3 is 2.37 bits per heavy atom. The zero-order valence-electron chi connectivity index (χ0n) is 26.8. The number of carbonyl (C=O) groups excluding carboxylic acids is 5. The van der Waals surface area contributed by atoms with Gasteiger partial charge in [0.15, 0.2) is 12.3 Å². The van der Waals surface area contributed by atoms with Gasteiger partial charge in [0.2, 0.25) is 23.6 Å². The maximum Gasteiger partial charge on any atom is 0.251 e. The van der Waals surface area contributed by atoms with Gasteiger partial charge in [-0.3, -0.25) is 28.9 Å². The number of β-lactam (4-membered cyclic amide) rings is 1. The molecule has 7 rings (SSSR count). The molecule has 2 aromatic carbocycles. The number of nitrogen functional groups attached to an aromatic ring is 1. The second-order valence-corrected chi connectivity index (χ2v) is 14.6. The van der Waals surface area contributed by atoms with Crippen LogP contribution in [0.3, 0.4) is 0 Å². The molecule has 5 heterocycles. The Morgan fingerprint density at radius 1 is 0.918 bits per heavy atom. The van der Waals surface area contributed by atoms with E-state index in [9.17, 15) is 34.2 Å². The van der Waals surface area contributed by atoms with Crippen LogP contribution in [0.25, 0.3) is 5.70 Å². The van der Waals surface area contributed by atoms with E-state index in [-0.39, 0.29) is 43.2 Å². The van der Waals surface area contributed by atoms with Gasteiger partial charge < -0.3 is 42.1 Å². The van der Waals surface area contributed by atoms with Gasteiger partial charge >= 0.3 is 0 Å². The first-order chi connectivity index (χ1) is 23.6. The second-order valence-electron chi connectivity index (χ2n) is 11.9. The minimum absolute atomic E-state index is 0.0534. The van der Waals surface area contributed by atoms with E-state index in [0.29, 0.717) is 47.7 Å². The molecule has 5 amide bonds. The topological polar surface area (TPSA) is 212 Å². The quantitative estimate of drug-likeness (QED) is 0.101. The smallest absolute Gasteiger partial charge is 0.251 e. The number of nitrogens with one attached hydrogen (secondary N) is 2. The van der Waals surface area contributed by atoms with Gasteiger partial charge in [0.1, 0.15) is 24.4 Å². The molecule has 0 radical (unpaired) electrons. The minimum Gasteiger partial charge on any atom is -0.508 e. The van der Waals surface area contributed by atoms with Crippen LogP contribution in [0, 0.1) is 0 Å². The molecule has 4 bridgehead atoms. The van der Waals surface area contributed by atoms with Crippen molar-refractivity contribution in [3.63, 3.8) is 0 Å². The number of carbonyl (C=O) groups is 5. The van der Waals surface area contributed by atoms with Gasteiger partial charge in [-0.1, -0.05) is 51.9 Å². The number of anilines is 1. The SMILES string of the molecule is NCCCC[C@H]1C(=O)N[C@@H]2C(=O)N(CCSSCCC(=O)N[C@@H](Cc3ccc(O)cc3)C(=O)N3C=C(c4ccccc4N)N1C(=O)C3)[C@H]2O. The maximum absolute atomic E-state index is 14.2. The summed E-state index contributed by atoms with van der Waals surface area (Å²) in [6.45, 7) is 0.154. The number of aliphatic hydroxyl groups is 1. The molecule has 49 heavy (non-hydrogen) atoms. The Balaban J connectivity index is 1.56. The average molecular weight is 712 g/mol. The minimum atomic E-state index is -1.24. The van der Waals surface area contributed by atoms with Crippen LogP contribution >= 0.6 is 21.6 Å². The molecular formula is C33H41N7O7S2. The van der Waals surface area contributed by atoms with Gasteiger partial charge in [0.05, 0.1) is 5.70 Å². The first-order valence-electron chi connectivity index (χ1n) is 16.1. The Morgan fingerprint density at radius 2 is 1.65 bits per heavy atom. The summed E-state index contributed by atoms with van der Waals surface area (Å²) in [4.78, 5) is 72.2. The van der Waals surface area contributed by atoms with Crippen LogP contribution in [0.4, 0.5) is 5.69 Å². The Hall–Kier alpha value is -4.25. The summed E-state index contributed by atoms with van der Waals surface area (Å²) in [5.74, 6) is -1.63. The summed E-state index contributed by atoms with van der Waals surface area (Å²) in [6.07, 6.45) is 1.65. The normalized spacial score (nSPS) is 24.2. The lowest BCUT2D eigenvalue weighted by atomic mass is 9.98. The Bertz CT molecular complexity index is 1590. The van der Waals surface area contributed by atoms with Crippen LogP contribution in [-0.4, -0.2) is 110 Å². The molecule has 0 spiro atoms. The third-order valence-corrected chi connectivity index (χ3v) is 10.9. The highest BCUT2D eigenvalue weighted by atomic mass is 33.1. The van der Waals surface area contributed by atoms with Crippen LogP contribution in [-0.2, 0) is 30.4 Å². The van der Waals surface area contributed by atoms with E-state index in [1.807, 2.05) is 0 Å². The fraction of sp³-hybridized carbons (Fsp3) is 0.424. The van der Waals surface area contributed by atoms with Crippen molar-refractivity contribution in [2.24, 2.45) is 5.73 Å². The molecule has 262 valence electrons. The van der Waals surface area contributed by atoms with Crippen molar-refractivity contribution in [3.05, 3.63) is 65.9 Å². The predicted molar refractivity (Wildman–Crippen MR) is 187 cm³/mol. The highest BCUT2D eigenvalue weighted by Crippen LogP contribution is 2.33. The van der Waals surface area contributed by atoms with Gasteiger partial charge in [-0.15, -0.1) is 0 Å². The van der Waals surface area contributed by atoms with Crippen LogP contribution < -0.4 is 22.1 Å². The van der Waals surface area contributed by atoms with Crippen molar-refractivity contribution in [1.82, 2.24) is 25.3 Å². The number of hydrogen-bond acceptors (Lipinski definition) is 11. The Labute approximate surface area is 292 Å². The number of phenolic OH excluding ortho intramolecular Hbond substituents is 1. The van der Waals surface area contributed by atoms with Crippen molar-refractivity contribution in [1.29, 1.82) is 0 Å². The van der Waals surface area contributed by atoms with E-state index >= 15 is 0 Å². The fourth-order valence-corrected chi connectivity index (χ4v) is 7.93. The second kappa shape index (κ2) is 16.4. The summed E-state index contributed by atoms with van der Waals surface area (Å²) in [7, 11) is 2.86. The number of fused-ring (bicyclic) bond motifs is 1. The van der Waals surface area contributed by atoms with Crippen LogP contribution in [0.5, 0.6) is 5.75 Å². The standard InChI is InChI=1S/C33H41N7O7S2/c34-13-4-3-7-25-30(44)37-29-32(46)39(33(29)47)14-16-49-48-15-12-27(42)36-24(17-20-8-10-21(41)11-9-20)31(45)38-18-26(40(25)28(43)19-38)22-5-1-2-6-23(22)35/h1-2,5-6,8-11,18,24-25,29,32,41,46H,3-4,7,12-17,19,34-35H2,(H,36,42)(H,37,44)/t24-,25-,29-,32-/m0/s1. The Kier molecular flexibility index (Phi) is 12.1. The number of aromatic hydroxyl groups is 1. The molecule has 0 saturated carbocycles. The van der Waals surface area contributed by atoms with Crippen LogP contribution in [0.1, 0.15) is 36.8 Å². The molecule has 16 heteroatoms. The lowest BCUT2D eigenvalue weighted by molar-refractivity contribution is -0.174. The summed E-state index contributed by atoms with van der Waals surface area (Å²) in [6, 6.07) is 9.66. The molecule has 4 atom stereocenters. The summed E-state index contributed by atoms with van der Waals surface area (Å²) < 4.78 is 0. The third-order valence-electron chi connectivity index (χ3n) is 8.56. The van der Waals surface area contributed by atoms with Gasteiger partial charge in [-0.25, -0.2) is 0 Å². The molecule has 0 unspecified atom stereocenters. The molecule has 2 saturated heterocycles. The number of nitrogens with two attached hydrogens (primary N) is 2. The first-order valence-corrected chi connectivity index (χ1v) is 18.6. The van der Waals surface area contributed by atoms with E-state index in [0.717, 1.165) is 0 Å². The lowest BCUT2D eigenvalue weighted by Gasteiger charge is -2.45. The zero-order chi connectivity index (χ0) is 35.1. The summed E-state index contributed by atoms with van der Waals surface area (Å²) >= 11 is 0. The van der Waals surface area contributed by atoms with Crippen molar-refractivity contribution in [3.8, 4) is 5.75 Å². The van der Waals surface area contributed by atoms with Crippen molar-refractivity contribution < 1.29 is 34.2 Å². The number of para-hydroxylation sites is 1. The maximum atomic E-state index is 14.2. The molecular weight excluding hydrogens is 671 g/mol. The molecule has 14 nitrogen and oxygen atoms in total. The van der Waals surface area contributed by atoms with E-state index in [1.165, 1.54) is 54.6 Å². The molecule has 0 aliphatic carbocycles. The molecule has 5 aliphatic heterocycles. The van der Waals surface area contributed by atoms with Crippen LogP contribution in [0.2, 0.25) is 0 Å². The largest absolute Gasteiger partial charge is 0.508 e. The summed E-state index contributed by atoms with van der Waals surface area (Å²) in [5.41, 5.74) is 13.7. The van der Waals surface area contributed by atoms with E-state index in [4.69, 9.17) is 11.5 Å². The monoisotopic (exact) mass is 711 g/mol. The van der Waals surface area contributed by atoms with Gasteiger partial charge in [0.25, 0.3) is 5.91 Å². The fourth-order valence-electron chi connectivity index (χ4n) is 5.97. The first kappa shape index (κ1) is 36.0. The molecule has 2 aromatic rings. The van der Waals surface area contributed by atoms with Crippen molar-refractivity contribution in [2.75, 3.05) is 36.9 Å². The van der Waals surface area contributed by atoms with Gasteiger partial charge in [0, 0.05) is 48.3 Å². The molecule has 8 N–H and O–H groups in total. The number of phenols is 1. The average Bonchev–Trinajstić information content (AvgIpc) is 3.08. The van der Waals surface area contributed by atoms with Crippen molar-refractivity contribution in [2.45, 2.75) is 56.5 Å². The van der Waals surface area contributed by atoms with E-state index < -0.39 is 54.5 Å². The highest BCUT2D eigenvalue weighted by Gasteiger charge is 2.48. The number of rotatable bonds is 7. The van der Waals surface area contributed by atoms with Gasteiger partial charge in [-0.05, 0) is 49.6 Å².